The minimum absolute atomic E-state index is 0. The van der Waals surface area contributed by atoms with Gasteiger partial charge in [-0.3, -0.25) is 4.99 Å². The van der Waals surface area contributed by atoms with Gasteiger partial charge in [0.1, 0.15) is 0 Å². The number of methoxy groups -OCH3 is 2. The van der Waals surface area contributed by atoms with Crippen LogP contribution in [0.5, 0.6) is 11.5 Å². The summed E-state index contributed by atoms with van der Waals surface area (Å²) < 4.78 is 10.6. The Morgan fingerprint density at radius 3 is 2.54 bits per heavy atom. The Bertz CT molecular complexity index is 537. The molecule has 1 aromatic rings. The van der Waals surface area contributed by atoms with E-state index in [0.29, 0.717) is 6.04 Å². The minimum atomic E-state index is 0. The summed E-state index contributed by atoms with van der Waals surface area (Å²) in [4.78, 5) is 4.66. The van der Waals surface area contributed by atoms with Crippen molar-refractivity contribution in [2.45, 2.75) is 39.2 Å². The number of ether oxygens (including phenoxy) is 2. The summed E-state index contributed by atoms with van der Waals surface area (Å²) in [5.74, 6) is 3.26. The van der Waals surface area contributed by atoms with E-state index in [1.807, 2.05) is 12.1 Å². The predicted octanol–water partition coefficient (Wildman–Crippen LogP) is 3.22. The Balaban J connectivity index is 0.00000288. The summed E-state index contributed by atoms with van der Waals surface area (Å²) >= 11 is 0. The normalized spacial score (nSPS) is 19.2. The van der Waals surface area contributed by atoms with Crippen molar-refractivity contribution in [3.8, 4) is 11.5 Å². The SMILES string of the molecule is CCNC(=NCCCc1ccc(OC)c(OC)c1)NC1CC1C.I. The maximum atomic E-state index is 5.34. The molecular formula is C18H30IN3O2. The molecule has 1 saturated carbocycles. The van der Waals surface area contributed by atoms with E-state index in [1.165, 1.54) is 12.0 Å². The highest BCUT2D eigenvalue weighted by Gasteiger charge is 2.33. The molecule has 5 nitrogen and oxygen atoms in total. The van der Waals surface area contributed by atoms with Crippen LogP contribution >= 0.6 is 24.0 Å². The summed E-state index contributed by atoms with van der Waals surface area (Å²) in [6, 6.07) is 6.68. The van der Waals surface area contributed by atoms with Gasteiger partial charge in [0.25, 0.3) is 0 Å². The van der Waals surface area contributed by atoms with E-state index in [0.717, 1.165) is 49.3 Å². The van der Waals surface area contributed by atoms with E-state index in [1.54, 1.807) is 14.2 Å². The molecule has 1 fully saturated rings. The van der Waals surface area contributed by atoms with Crippen LogP contribution < -0.4 is 20.1 Å². The number of nitrogens with one attached hydrogen (secondary N) is 2. The highest BCUT2D eigenvalue weighted by molar-refractivity contribution is 14.0. The van der Waals surface area contributed by atoms with Gasteiger partial charge in [-0.05, 0) is 49.8 Å². The van der Waals surface area contributed by atoms with Crippen LogP contribution in [0.15, 0.2) is 23.2 Å². The maximum Gasteiger partial charge on any atom is 0.191 e. The average Bonchev–Trinajstić information content (AvgIpc) is 3.26. The standard InChI is InChI=1S/C18H29N3O2.HI/c1-5-19-18(21-15-11-13(15)2)20-10-6-7-14-8-9-16(22-3)17(12-14)23-4;/h8-9,12-13,15H,5-7,10-11H2,1-4H3,(H2,19,20,21);1H. The molecular weight excluding hydrogens is 417 g/mol. The molecule has 0 spiro atoms. The van der Waals surface area contributed by atoms with Crippen LogP contribution in [0, 0.1) is 5.92 Å². The molecule has 2 unspecified atom stereocenters. The lowest BCUT2D eigenvalue weighted by atomic mass is 10.1. The zero-order chi connectivity index (χ0) is 16.7. The fourth-order valence-corrected chi connectivity index (χ4v) is 2.53. The maximum absolute atomic E-state index is 5.34. The van der Waals surface area contributed by atoms with E-state index in [-0.39, 0.29) is 24.0 Å². The van der Waals surface area contributed by atoms with E-state index in [4.69, 9.17) is 9.47 Å². The third-order valence-corrected chi connectivity index (χ3v) is 4.12. The summed E-state index contributed by atoms with van der Waals surface area (Å²) in [6.45, 7) is 6.06. The predicted molar refractivity (Wildman–Crippen MR) is 110 cm³/mol. The van der Waals surface area contributed by atoms with Crippen molar-refractivity contribution < 1.29 is 9.47 Å². The molecule has 0 heterocycles. The molecule has 0 amide bonds. The van der Waals surface area contributed by atoms with Gasteiger partial charge < -0.3 is 20.1 Å². The molecule has 2 N–H and O–H groups in total. The highest BCUT2D eigenvalue weighted by atomic mass is 127. The van der Waals surface area contributed by atoms with Gasteiger partial charge in [-0.25, -0.2) is 0 Å². The molecule has 136 valence electrons. The average molecular weight is 447 g/mol. The topological polar surface area (TPSA) is 54.9 Å². The van der Waals surface area contributed by atoms with E-state index >= 15 is 0 Å². The lowest BCUT2D eigenvalue weighted by Crippen LogP contribution is -2.39. The summed E-state index contributed by atoms with van der Waals surface area (Å²) in [5, 5.41) is 6.78. The van der Waals surface area contributed by atoms with Crippen LogP contribution in [0.4, 0.5) is 0 Å². The first-order chi connectivity index (χ1) is 11.2. The minimum Gasteiger partial charge on any atom is -0.493 e. The highest BCUT2D eigenvalue weighted by Crippen LogP contribution is 2.29. The largest absolute Gasteiger partial charge is 0.493 e. The molecule has 0 aromatic heterocycles. The quantitative estimate of drug-likeness (QED) is 0.278. The summed E-state index contributed by atoms with van der Waals surface area (Å²) in [6.07, 6.45) is 3.23. The number of benzene rings is 1. The second-order valence-corrected chi connectivity index (χ2v) is 6.02. The fraction of sp³-hybridized carbons (Fsp3) is 0.611. The molecule has 1 aliphatic rings. The molecule has 2 atom stereocenters. The number of hydrogen-bond donors (Lipinski definition) is 2. The zero-order valence-corrected chi connectivity index (χ0v) is 17.4. The van der Waals surface area contributed by atoms with Crippen LogP contribution in [0.3, 0.4) is 0 Å². The van der Waals surface area contributed by atoms with Crippen molar-refractivity contribution in [2.24, 2.45) is 10.9 Å². The number of aryl methyl sites for hydroxylation is 1. The number of hydrogen-bond acceptors (Lipinski definition) is 3. The Morgan fingerprint density at radius 1 is 1.25 bits per heavy atom. The molecule has 24 heavy (non-hydrogen) atoms. The third-order valence-electron chi connectivity index (χ3n) is 4.12. The van der Waals surface area contributed by atoms with Crippen molar-refractivity contribution >= 4 is 29.9 Å². The molecule has 0 aliphatic heterocycles. The molecule has 0 bridgehead atoms. The van der Waals surface area contributed by atoms with Gasteiger partial charge in [0.2, 0.25) is 0 Å². The smallest absolute Gasteiger partial charge is 0.191 e. The van der Waals surface area contributed by atoms with Crippen LogP contribution in [0.25, 0.3) is 0 Å². The molecule has 2 rings (SSSR count). The van der Waals surface area contributed by atoms with Gasteiger partial charge in [-0.1, -0.05) is 13.0 Å². The first-order valence-corrected chi connectivity index (χ1v) is 8.43. The van der Waals surface area contributed by atoms with Crippen molar-refractivity contribution in [3.05, 3.63) is 23.8 Å². The van der Waals surface area contributed by atoms with E-state index in [2.05, 4.69) is 35.5 Å². The van der Waals surface area contributed by atoms with E-state index < -0.39 is 0 Å². The Morgan fingerprint density at radius 2 is 1.96 bits per heavy atom. The van der Waals surface area contributed by atoms with Gasteiger partial charge in [0, 0.05) is 19.1 Å². The summed E-state index contributed by atoms with van der Waals surface area (Å²) in [7, 11) is 3.32. The zero-order valence-electron chi connectivity index (χ0n) is 15.1. The number of halogens is 1. The molecule has 1 aliphatic carbocycles. The fourth-order valence-electron chi connectivity index (χ4n) is 2.53. The number of nitrogens with zero attached hydrogens (tertiary/aromatic N) is 1. The third kappa shape index (κ3) is 6.37. The van der Waals surface area contributed by atoms with Gasteiger partial charge in [0.05, 0.1) is 14.2 Å². The van der Waals surface area contributed by atoms with Crippen molar-refractivity contribution in [2.75, 3.05) is 27.3 Å². The summed E-state index contributed by atoms with van der Waals surface area (Å²) in [5.41, 5.74) is 1.24. The Labute approximate surface area is 162 Å². The molecule has 0 radical (unpaired) electrons. The lowest BCUT2D eigenvalue weighted by Gasteiger charge is -2.11. The van der Waals surface area contributed by atoms with Gasteiger partial charge in [0.15, 0.2) is 17.5 Å². The number of guanidine groups is 1. The molecule has 1 aromatic carbocycles. The van der Waals surface area contributed by atoms with Crippen LogP contribution in [0.2, 0.25) is 0 Å². The number of aliphatic imine (C=N–C) groups is 1. The Kier molecular flexibility index (Phi) is 9.25. The van der Waals surface area contributed by atoms with Crippen molar-refractivity contribution in [1.82, 2.24) is 10.6 Å². The Hall–Kier alpha value is -1.18. The monoisotopic (exact) mass is 447 g/mol. The lowest BCUT2D eigenvalue weighted by molar-refractivity contribution is 0.354. The second kappa shape index (κ2) is 10.6. The van der Waals surface area contributed by atoms with Gasteiger partial charge in [-0.2, -0.15) is 0 Å². The first-order valence-electron chi connectivity index (χ1n) is 8.43. The van der Waals surface area contributed by atoms with Crippen molar-refractivity contribution in [1.29, 1.82) is 0 Å². The van der Waals surface area contributed by atoms with E-state index in [9.17, 15) is 0 Å². The van der Waals surface area contributed by atoms with Crippen LogP contribution in [-0.2, 0) is 6.42 Å². The molecule has 0 saturated heterocycles. The van der Waals surface area contributed by atoms with Gasteiger partial charge in [-0.15, -0.1) is 24.0 Å². The van der Waals surface area contributed by atoms with Gasteiger partial charge >= 0.3 is 0 Å². The number of rotatable bonds is 8. The second-order valence-electron chi connectivity index (χ2n) is 6.02. The van der Waals surface area contributed by atoms with Crippen molar-refractivity contribution in [3.63, 3.8) is 0 Å². The molecule has 6 heteroatoms. The first kappa shape index (κ1) is 20.9. The van der Waals surface area contributed by atoms with Crippen LogP contribution in [0.1, 0.15) is 32.3 Å². The van der Waals surface area contributed by atoms with Crippen LogP contribution in [-0.4, -0.2) is 39.3 Å².